The lowest BCUT2D eigenvalue weighted by Gasteiger charge is -2.24. The van der Waals surface area contributed by atoms with Crippen LogP contribution < -0.4 is 10.1 Å². The Bertz CT molecular complexity index is 670. The topological polar surface area (TPSA) is 71.0 Å². The van der Waals surface area contributed by atoms with E-state index in [4.69, 9.17) is 4.74 Å². The first-order chi connectivity index (χ1) is 11.1. The molecular weight excluding hydrogens is 453 g/mol. The molecule has 0 saturated heterocycles. The molecule has 0 spiro atoms. The molecule has 0 radical (unpaired) electrons. The van der Waals surface area contributed by atoms with Gasteiger partial charge in [0.05, 0.1) is 17.6 Å². The van der Waals surface area contributed by atoms with Crippen molar-refractivity contribution in [2.75, 3.05) is 33.5 Å². The number of guanidine groups is 1. The number of methoxy groups -OCH3 is 1. The van der Waals surface area contributed by atoms with E-state index in [1.165, 1.54) is 0 Å². The standard InChI is InChI=1S/C17H29N3O3S.HI/c1-17(2,3)24(21,22)12-11-19-16(18-4)20(5)13-14-9-7-8-10-15(14)23-6;/h7-10H,11-13H2,1-6H3,(H,18,19);1H. The molecule has 1 rings (SSSR count). The first-order valence-electron chi connectivity index (χ1n) is 7.88. The van der Waals surface area contributed by atoms with Gasteiger partial charge < -0.3 is 15.0 Å². The van der Waals surface area contributed by atoms with Crippen LogP contribution in [0.1, 0.15) is 26.3 Å². The normalized spacial score (nSPS) is 12.3. The first-order valence-corrected chi connectivity index (χ1v) is 9.53. The van der Waals surface area contributed by atoms with Crippen molar-refractivity contribution in [3.8, 4) is 5.75 Å². The van der Waals surface area contributed by atoms with Gasteiger partial charge in [-0.15, -0.1) is 24.0 Å². The summed E-state index contributed by atoms with van der Waals surface area (Å²) in [4.78, 5) is 6.15. The van der Waals surface area contributed by atoms with Gasteiger partial charge in [-0.2, -0.15) is 0 Å². The molecule has 0 heterocycles. The second-order valence-corrected chi connectivity index (χ2v) is 9.44. The highest BCUT2D eigenvalue weighted by Gasteiger charge is 2.28. The monoisotopic (exact) mass is 483 g/mol. The zero-order chi connectivity index (χ0) is 18.4. The van der Waals surface area contributed by atoms with E-state index in [0.717, 1.165) is 11.3 Å². The van der Waals surface area contributed by atoms with Gasteiger partial charge in [0.15, 0.2) is 15.8 Å². The molecule has 0 unspecified atom stereocenters. The zero-order valence-electron chi connectivity index (χ0n) is 15.9. The smallest absolute Gasteiger partial charge is 0.193 e. The van der Waals surface area contributed by atoms with Crippen molar-refractivity contribution >= 4 is 39.8 Å². The average molecular weight is 483 g/mol. The molecular formula is C17H30IN3O3S. The molecule has 144 valence electrons. The fourth-order valence-corrected chi connectivity index (χ4v) is 3.14. The maximum Gasteiger partial charge on any atom is 0.193 e. The van der Waals surface area contributed by atoms with Gasteiger partial charge in [0.25, 0.3) is 0 Å². The van der Waals surface area contributed by atoms with E-state index in [2.05, 4.69) is 10.3 Å². The molecule has 1 aromatic rings. The van der Waals surface area contributed by atoms with Crippen LogP contribution in [-0.2, 0) is 16.4 Å². The van der Waals surface area contributed by atoms with Crippen LogP contribution in [0.15, 0.2) is 29.3 Å². The Balaban J connectivity index is 0.00000576. The maximum atomic E-state index is 12.2. The third-order valence-corrected chi connectivity index (χ3v) is 6.37. The third kappa shape index (κ3) is 7.01. The minimum Gasteiger partial charge on any atom is -0.496 e. The number of aliphatic imine (C=N–C) groups is 1. The van der Waals surface area contributed by atoms with Gasteiger partial charge in [0.1, 0.15) is 5.75 Å². The summed E-state index contributed by atoms with van der Waals surface area (Å²) in [6.07, 6.45) is 0. The van der Waals surface area contributed by atoms with Gasteiger partial charge in [-0.3, -0.25) is 4.99 Å². The Morgan fingerprint density at radius 2 is 1.88 bits per heavy atom. The van der Waals surface area contributed by atoms with Crippen LogP contribution in [0.2, 0.25) is 0 Å². The van der Waals surface area contributed by atoms with E-state index >= 15 is 0 Å². The van der Waals surface area contributed by atoms with E-state index in [1.54, 1.807) is 34.9 Å². The fourth-order valence-electron chi connectivity index (χ4n) is 2.15. The predicted octanol–water partition coefficient (Wildman–Crippen LogP) is 2.53. The molecule has 8 heteroatoms. The molecule has 0 atom stereocenters. The van der Waals surface area contributed by atoms with E-state index in [1.807, 2.05) is 36.2 Å². The first kappa shape index (κ1) is 24.0. The van der Waals surface area contributed by atoms with Gasteiger partial charge in [-0.1, -0.05) is 18.2 Å². The molecule has 1 aromatic carbocycles. The minimum absolute atomic E-state index is 0. The number of sulfone groups is 1. The molecule has 0 bridgehead atoms. The number of rotatable bonds is 6. The summed E-state index contributed by atoms with van der Waals surface area (Å²) in [5, 5.41) is 3.11. The van der Waals surface area contributed by atoms with Crippen LogP contribution in [0.3, 0.4) is 0 Å². The highest BCUT2D eigenvalue weighted by Crippen LogP contribution is 2.19. The summed E-state index contributed by atoms with van der Waals surface area (Å²) in [5.74, 6) is 1.53. The molecule has 0 saturated carbocycles. The van der Waals surface area contributed by atoms with Crippen LogP contribution in [0, 0.1) is 0 Å². The molecule has 0 aliphatic rings. The van der Waals surface area contributed by atoms with Crippen molar-refractivity contribution in [1.29, 1.82) is 0 Å². The summed E-state index contributed by atoms with van der Waals surface area (Å²) in [7, 11) is 2.07. The Labute approximate surface area is 169 Å². The number of hydrogen-bond acceptors (Lipinski definition) is 4. The predicted molar refractivity (Wildman–Crippen MR) is 115 cm³/mol. The quantitative estimate of drug-likeness (QED) is 0.383. The van der Waals surface area contributed by atoms with Crippen LogP contribution in [0.5, 0.6) is 5.75 Å². The van der Waals surface area contributed by atoms with Crippen molar-refractivity contribution in [1.82, 2.24) is 10.2 Å². The number of hydrogen-bond donors (Lipinski definition) is 1. The van der Waals surface area contributed by atoms with Gasteiger partial charge in [0.2, 0.25) is 0 Å². The number of nitrogens with one attached hydrogen (secondary N) is 1. The second kappa shape index (κ2) is 10.2. The van der Waals surface area contributed by atoms with Crippen molar-refractivity contribution in [2.24, 2.45) is 4.99 Å². The summed E-state index contributed by atoms with van der Waals surface area (Å²) in [6.45, 7) is 6.07. The van der Waals surface area contributed by atoms with E-state index in [9.17, 15) is 8.42 Å². The SMILES string of the molecule is CN=C(NCCS(=O)(=O)C(C)(C)C)N(C)Cc1ccccc1OC.I. The maximum absolute atomic E-state index is 12.2. The molecule has 1 N–H and O–H groups in total. The van der Waals surface area contributed by atoms with Crippen LogP contribution in [0.25, 0.3) is 0 Å². The number of nitrogens with zero attached hydrogens (tertiary/aromatic N) is 2. The van der Waals surface area contributed by atoms with Gasteiger partial charge in [-0.05, 0) is 26.8 Å². The summed E-state index contributed by atoms with van der Waals surface area (Å²) in [6, 6.07) is 7.78. The van der Waals surface area contributed by atoms with Crippen LogP contribution in [-0.4, -0.2) is 57.5 Å². The van der Waals surface area contributed by atoms with E-state index < -0.39 is 14.6 Å². The minimum atomic E-state index is -3.15. The third-order valence-electron chi connectivity index (χ3n) is 3.76. The van der Waals surface area contributed by atoms with Crippen LogP contribution in [0.4, 0.5) is 0 Å². The Kier molecular flexibility index (Phi) is 9.78. The zero-order valence-corrected chi connectivity index (χ0v) is 19.0. The molecule has 0 fully saturated rings. The Morgan fingerprint density at radius 1 is 1.28 bits per heavy atom. The van der Waals surface area contributed by atoms with Crippen molar-refractivity contribution in [2.45, 2.75) is 32.1 Å². The molecule has 0 aromatic heterocycles. The second-order valence-electron chi connectivity index (χ2n) is 6.57. The Hall–Kier alpha value is -1.03. The summed E-state index contributed by atoms with van der Waals surface area (Å²) < 4.78 is 28.9. The highest BCUT2D eigenvalue weighted by molar-refractivity contribution is 14.0. The Morgan fingerprint density at radius 3 is 2.40 bits per heavy atom. The fraction of sp³-hybridized carbons (Fsp3) is 0.588. The molecule has 0 aliphatic carbocycles. The average Bonchev–Trinajstić information content (AvgIpc) is 2.50. The van der Waals surface area contributed by atoms with Gasteiger partial charge >= 0.3 is 0 Å². The lowest BCUT2D eigenvalue weighted by Crippen LogP contribution is -2.42. The molecule has 0 aliphatic heterocycles. The highest BCUT2D eigenvalue weighted by atomic mass is 127. The lowest BCUT2D eigenvalue weighted by molar-refractivity contribution is 0.396. The molecule has 25 heavy (non-hydrogen) atoms. The number of ether oxygens (including phenoxy) is 1. The van der Waals surface area contributed by atoms with Crippen LogP contribution >= 0.6 is 24.0 Å². The lowest BCUT2D eigenvalue weighted by atomic mass is 10.2. The van der Waals surface area contributed by atoms with Crippen molar-refractivity contribution in [3.63, 3.8) is 0 Å². The summed E-state index contributed by atoms with van der Waals surface area (Å²) in [5.41, 5.74) is 1.03. The summed E-state index contributed by atoms with van der Waals surface area (Å²) >= 11 is 0. The number of benzene rings is 1. The molecule has 0 amide bonds. The van der Waals surface area contributed by atoms with Gasteiger partial charge in [0, 0.05) is 32.7 Å². The number of halogens is 1. The largest absolute Gasteiger partial charge is 0.496 e. The van der Waals surface area contributed by atoms with Crippen molar-refractivity contribution in [3.05, 3.63) is 29.8 Å². The van der Waals surface area contributed by atoms with E-state index in [0.29, 0.717) is 19.0 Å². The van der Waals surface area contributed by atoms with Gasteiger partial charge in [-0.25, -0.2) is 8.42 Å². The van der Waals surface area contributed by atoms with Crippen molar-refractivity contribution < 1.29 is 13.2 Å². The number of para-hydroxylation sites is 1. The molecule has 6 nitrogen and oxygen atoms in total. The van der Waals surface area contributed by atoms with E-state index in [-0.39, 0.29) is 29.7 Å².